The Labute approximate surface area is 94.5 Å². The third kappa shape index (κ3) is 2.52. The first kappa shape index (κ1) is 10.9. The van der Waals surface area contributed by atoms with Crippen LogP contribution in [0.3, 0.4) is 0 Å². The summed E-state index contributed by atoms with van der Waals surface area (Å²) in [6.07, 6.45) is 1.19. The average Bonchev–Trinajstić information content (AvgIpc) is 2.70. The van der Waals surface area contributed by atoms with E-state index in [1.54, 1.807) is 24.3 Å². The van der Waals surface area contributed by atoms with Gasteiger partial charge in [-0.2, -0.15) is 0 Å². The summed E-state index contributed by atoms with van der Waals surface area (Å²) in [7, 11) is -3.12. The number of benzene rings is 1. The number of hydrogen-bond donors (Lipinski definition) is 2. The minimum Gasteiger partial charge on any atom is -0.354 e. The molecule has 0 fully saturated rings. The molecule has 16 heavy (non-hydrogen) atoms. The summed E-state index contributed by atoms with van der Waals surface area (Å²) in [6.45, 7) is 1.60. The molecule has 0 radical (unpaired) electrons. The van der Waals surface area contributed by atoms with Gasteiger partial charge in [-0.15, -0.1) is 0 Å². The van der Waals surface area contributed by atoms with Crippen LogP contribution in [0.15, 0.2) is 34.2 Å². The second kappa shape index (κ2) is 4.13. The lowest BCUT2D eigenvalue weighted by Crippen LogP contribution is -2.26. The van der Waals surface area contributed by atoms with E-state index in [-0.39, 0.29) is 0 Å². The first-order valence-electron chi connectivity index (χ1n) is 4.91. The summed E-state index contributed by atoms with van der Waals surface area (Å²) in [6, 6.07) is 6.60. The molecular formula is C10H13N3O2S. The number of sulfone groups is 1. The predicted octanol–water partition coefficient (Wildman–Crippen LogP) is 0.461. The SMILES string of the molecule is CS(=O)(=O)c1ccc(NC2=NCCN2)cc1. The molecule has 0 atom stereocenters. The third-order valence-corrected chi connectivity index (χ3v) is 3.35. The van der Waals surface area contributed by atoms with Gasteiger partial charge in [0.15, 0.2) is 15.8 Å². The Morgan fingerprint density at radius 3 is 2.50 bits per heavy atom. The second-order valence-electron chi connectivity index (χ2n) is 3.58. The van der Waals surface area contributed by atoms with Crippen LogP contribution < -0.4 is 10.6 Å². The van der Waals surface area contributed by atoms with E-state index in [0.29, 0.717) is 4.90 Å². The summed E-state index contributed by atoms with van der Waals surface area (Å²) in [5, 5.41) is 6.13. The average molecular weight is 239 g/mol. The molecule has 1 heterocycles. The zero-order chi connectivity index (χ0) is 11.6. The fourth-order valence-electron chi connectivity index (χ4n) is 1.40. The van der Waals surface area contributed by atoms with Crippen molar-refractivity contribution in [3.63, 3.8) is 0 Å². The van der Waals surface area contributed by atoms with E-state index in [2.05, 4.69) is 15.6 Å². The van der Waals surface area contributed by atoms with E-state index in [1.807, 2.05) is 0 Å². The zero-order valence-electron chi connectivity index (χ0n) is 8.90. The Kier molecular flexibility index (Phi) is 2.82. The van der Waals surface area contributed by atoms with Crippen molar-refractivity contribution < 1.29 is 8.42 Å². The number of rotatable bonds is 2. The highest BCUT2D eigenvalue weighted by atomic mass is 32.2. The maximum Gasteiger partial charge on any atom is 0.195 e. The molecule has 0 aliphatic carbocycles. The fourth-order valence-corrected chi connectivity index (χ4v) is 2.03. The van der Waals surface area contributed by atoms with Gasteiger partial charge in [-0.25, -0.2) is 8.42 Å². The Morgan fingerprint density at radius 2 is 2.00 bits per heavy atom. The minimum atomic E-state index is -3.12. The predicted molar refractivity (Wildman–Crippen MR) is 63.5 cm³/mol. The van der Waals surface area contributed by atoms with Gasteiger partial charge in [-0.3, -0.25) is 4.99 Å². The van der Waals surface area contributed by atoms with Crippen LogP contribution in [0.4, 0.5) is 5.69 Å². The number of guanidine groups is 1. The molecule has 1 aromatic rings. The summed E-state index contributed by atoms with van der Waals surface area (Å²) in [5.41, 5.74) is 0.820. The van der Waals surface area contributed by atoms with Crippen molar-refractivity contribution in [1.82, 2.24) is 5.32 Å². The number of anilines is 1. The van der Waals surface area contributed by atoms with Crippen LogP contribution >= 0.6 is 0 Å². The summed E-state index contributed by atoms with van der Waals surface area (Å²) in [5.74, 6) is 0.729. The molecule has 0 bridgehead atoms. The van der Waals surface area contributed by atoms with Crippen LogP contribution in [-0.2, 0) is 9.84 Å². The highest BCUT2D eigenvalue weighted by Gasteiger charge is 2.08. The van der Waals surface area contributed by atoms with Gasteiger partial charge in [-0.05, 0) is 24.3 Å². The molecule has 5 nitrogen and oxygen atoms in total. The summed E-state index contributed by atoms with van der Waals surface area (Å²) >= 11 is 0. The third-order valence-electron chi connectivity index (χ3n) is 2.22. The lowest BCUT2D eigenvalue weighted by atomic mass is 10.3. The first-order valence-corrected chi connectivity index (χ1v) is 6.80. The van der Waals surface area contributed by atoms with Crippen molar-refractivity contribution in [3.8, 4) is 0 Å². The van der Waals surface area contributed by atoms with Crippen LogP contribution in [0.5, 0.6) is 0 Å². The number of nitrogens with zero attached hydrogens (tertiary/aromatic N) is 1. The van der Waals surface area contributed by atoms with Crippen molar-refractivity contribution in [2.24, 2.45) is 4.99 Å². The molecule has 0 spiro atoms. The van der Waals surface area contributed by atoms with E-state index in [4.69, 9.17) is 0 Å². The van der Waals surface area contributed by atoms with Gasteiger partial charge < -0.3 is 10.6 Å². The van der Waals surface area contributed by atoms with E-state index in [1.165, 1.54) is 6.26 Å². The molecule has 6 heteroatoms. The lowest BCUT2D eigenvalue weighted by Gasteiger charge is -2.06. The van der Waals surface area contributed by atoms with Gasteiger partial charge in [0.2, 0.25) is 0 Å². The maximum absolute atomic E-state index is 11.2. The van der Waals surface area contributed by atoms with E-state index >= 15 is 0 Å². The molecular weight excluding hydrogens is 226 g/mol. The standard InChI is InChI=1S/C10H13N3O2S/c1-16(14,15)9-4-2-8(3-5-9)13-10-11-6-7-12-10/h2-5H,6-7H2,1H3,(H2,11,12,13). The molecule has 2 rings (SSSR count). The number of aliphatic imine (C=N–C) groups is 1. The Bertz CT molecular complexity index is 505. The molecule has 0 aromatic heterocycles. The molecule has 86 valence electrons. The van der Waals surface area contributed by atoms with Gasteiger partial charge in [0.05, 0.1) is 11.4 Å². The van der Waals surface area contributed by atoms with Gasteiger partial charge in [0, 0.05) is 18.5 Å². The van der Waals surface area contributed by atoms with Crippen molar-refractivity contribution in [2.45, 2.75) is 4.90 Å². The first-order chi connectivity index (χ1) is 7.55. The Morgan fingerprint density at radius 1 is 1.31 bits per heavy atom. The quantitative estimate of drug-likeness (QED) is 0.786. The zero-order valence-corrected chi connectivity index (χ0v) is 9.71. The molecule has 0 unspecified atom stereocenters. The van der Waals surface area contributed by atoms with Crippen LogP contribution in [-0.4, -0.2) is 33.7 Å². The molecule has 1 aliphatic heterocycles. The van der Waals surface area contributed by atoms with E-state index in [9.17, 15) is 8.42 Å². The van der Waals surface area contributed by atoms with Crippen LogP contribution in [0, 0.1) is 0 Å². The largest absolute Gasteiger partial charge is 0.354 e. The topological polar surface area (TPSA) is 70.6 Å². The molecule has 2 N–H and O–H groups in total. The van der Waals surface area contributed by atoms with E-state index < -0.39 is 9.84 Å². The second-order valence-corrected chi connectivity index (χ2v) is 5.59. The normalized spacial score (nSPS) is 15.4. The molecule has 0 amide bonds. The Hall–Kier alpha value is -1.56. The van der Waals surface area contributed by atoms with Crippen LogP contribution in [0.2, 0.25) is 0 Å². The van der Waals surface area contributed by atoms with Crippen LogP contribution in [0.1, 0.15) is 0 Å². The van der Waals surface area contributed by atoms with Crippen molar-refractivity contribution in [3.05, 3.63) is 24.3 Å². The van der Waals surface area contributed by atoms with Gasteiger partial charge in [0.25, 0.3) is 0 Å². The van der Waals surface area contributed by atoms with Gasteiger partial charge in [-0.1, -0.05) is 0 Å². The van der Waals surface area contributed by atoms with Crippen molar-refractivity contribution in [1.29, 1.82) is 0 Å². The maximum atomic E-state index is 11.2. The van der Waals surface area contributed by atoms with Gasteiger partial charge in [0.1, 0.15) is 0 Å². The number of hydrogen-bond acceptors (Lipinski definition) is 5. The monoisotopic (exact) mass is 239 g/mol. The summed E-state index contributed by atoms with van der Waals surface area (Å²) in [4.78, 5) is 4.50. The highest BCUT2D eigenvalue weighted by Crippen LogP contribution is 2.13. The lowest BCUT2D eigenvalue weighted by molar-refractivity contribution is 0.602. The summed E-state index contributed by atoms with van der Waals surface area (Å²) < 4.78 is 22.5. The molecule has 1 aromatic carbocycles. The Balaban J connectivity index is 2.13. The number of nitrogens with one attached hydrogen (secondary N) is 2. The smallest absolute Gasteiger partial charge is 0.195 e. The molecule has 0 saturated heterocycles. The van der Waals surface area contributed by atoms with Gasteiger partial charge >= 0.3 is 0 Å². The van der Waals surface area contributed by atoms with E-state index in [0.717, 1.165) is 24.7 Å². The molecule has 0 saturated carbocycles. The minimum absolute atomic E-state index is 0.319. The van der Waals surface area contributed by atoms with Crippen molar-refractivity contribution in [2.75, 3.05) is 24.7 Å². The molecule has 1 aliphatic rings. The highest BCUT2D eigenvalue weighted by molar-refractivity contribution is 7.90. The van der Waals surface area contributed by atoms with Crippen molar-refractivity contribution >= 4 is 21.5 Å². The van der Waals surface area contributed by atoms with Crippen LogP contribution in [0.25, 0.3) is 0 Å². The fraction of sp³-hybridized carbons (Fsp3) is 0.300.